The summed E-state index contributed by atoms with van der Waals surface area (Å²) in [5, 5.41) is -1.00. The molecule has 4 heterocycles. The molecule has 19 rings (SSSR count). The molecule has 4 nitrogen and oxygen atoms in total. The van der Waals surface area contributed by atoms with Crippen molar-refractivity contribution in [3.8, 4) is 78.1 Å². The van der Waals surface area contributed by atoms with E-state index in [2.05, 4.69) is 157 Å². The molecule has 2 aromatic heterocycles. The van der Waals surface area contributed by atoms with Crippen LogP contribution < -0.4 is 26.2 Å². The van der Waals surface area contributed by atoms with Crippen LogP contribution in [0.3, 0.4) is 0 Å². The Bertz CT molecular complexity index is 7260. The molecule has 514 valence electrons. The van der Waals surface area contributed by atoms with Gasteiger partial charge in [0.15, 0.2) is 0 Å². The predicted octanol–water partition coefficient (Wildman–Crippen LogP) is 25.9. The molecule has 2 aliphatic heterocycles. The first-order valence-corrected chi connectivity index (χ1v) is 35.9. The van der Waals surface area contributed by atoms with E-state index in [9.17, 15) is 24.7 Å². The maximum Gasteiger partial charge on any atom is 0.252 e. The first kappa shape index (κ1) is 44.4. The van der Waals surface area contributed by atoms with Gasteiger partial charge in [-0.2, -0.15) is 0 Å². The molecule has 0 radical (unpaired) electrons. The number of hydrogen-bond acceptors (Lipinski definition) is 2. The summed E-state index contributed by atoms with van der Waals surface area (Å²) in [4.78, 5) is 4.53. The molecule has 0 amide bonds. The number of fused-ring (bicyclic) bond motifs is 10. The van der Waals surface area contributed by atoms with Gasteiger partial charge in [-0.1, -0.05) is 305 Å². The Balaban J connectivity index is 1.03. The Kier molecular flexibility index (Phi) is 10.4. The minimum absolute atomic E-state index is 0.178. The van der Waals surface area contributed by atoms with E-state index in [1.54, 1.807) is 12.1 Å². The van der Waals surface area contributed by atoms with Crippen molar-refractivity contribution in [2.24, 2.45) is 0 Å². The summed E-state index contributed by atoms with van der Waals surface area (Å²) < 4.78 is 231. The number of nitrogens with zero attached hydrogens (tertiary/aromatic N) is 4. The number of aromatic nitrogens is 2. The topological polar surface area (TPSA) is 16.3 Å². The van der Waals surface area contributed by atoms with Gasteiger partial charge in [0.05, 0.1) is 66.3 Å². The molecule has 0 fully saturated rings. The molecule has 5 heteroatoms. The van der Waals surface area contributed by atoms with E-state index < -0.39 is 190 Å². The summed E-state index contributed by atoms with van der Waals surface area (Å²) in [5.41, 5.74) is 10.6. The van der Waals surface area contributed by atoms with Crippen molar-refractivity contribution in [1.82, 2.24) is 9.13 Å². The SMILES string of the molecule is [2H]c1c([2H])c([2H])c(-c2c([2H])c([2H])c3c(c2[2H])c2c([2H])c([2H])c([2H])c([2H])c2n3-c2ccc3c(c2)N(c2c(-c4ccccc4)cc(C(C)(C)C)cc2-c2ccccc2)c2cc(C(C)(C)C)cc4c2B3c2ccc(-n3c5c([2H])c([2H])c([2H])c([2H])c5c5c([2H])c(-c6c([2H])c([2H])c([2H])c([2H])c6[2H])c([2H])c([2H])c53)cc2N4c2c(-c3ccccc3)cc(C(C)(C)C)cc2-c2ccccc2)c([2H])c1[2H]. The van der Waals surface area contributed by atoms with Crippen LogP contribution in [0, 0.1) is 0 Å². The molecule has 0 atom stereocenters. The minimum Gasteiger partial charge on any atom is -0.310 e. The largest absolute Gasteiger partial charge is 0.310 e. The van der Waals surface area contributed by atoms with Crippen molar-refractivity contribution in [3.05, 3.63) is 356 Å². The Morgan fingerprint density at radius 1 is 0.271 bits per heavy atom. The molecule has 0 aliphatic carbocycles. The van der Waals surface area contributed by atoms with E-state index in [1.165, 1.54) is 9.13 Å². The maximum atomic E-state index is 10.4. The average molecular weight is 1400 g/mol. The molecule has 0 bridgehead atoms. The highest BCUT2D eigenvalue weighted by Crippen LogP contribution is 2.56. The summed E-state index contributed by atoms with van der Waals surface area (Å²) in [7, 11) is 0. The number of para-hydroxylation sites is 2. The van der Waals surface area contributed by atoms with Crippen LogP contribution in [0.15, 0.2) is 339 Å². The molecule has 15 aromatic carbocycles. The third kappa shape index (κ3) is 11.0. The lowest BCUT2D eigenvalue weighted by atomic mass is 9.33. The third-order valence-electron chi connectivity index (χ3n) is 21.0. The molecule has 2 aliphatic rings. The van der Waals surface area contributed by atoms with Crippen molar-refractivity contribution in [2.75, 3.05) is 9.80 Å². The van der Waals surface area contributed by atoms with Gasteiger partial charge in [0.1, 0.15) is 0 Å². The second-order valence-electron chi connectivity index (χ2n) is 30.6. The zero-order chi connectivity index (χ0) is 93.5. The lowest BCUT2D eigenvalue weighted by Crippen LogP contribution is -2.61. The zero-order valence-electron chi connectivity index (χ0n) is 84.3. The normalized spacial score (nSPS) is 16.0. The van der Waals surface area contributed by atoms with Gasteiger partial charge in [-0.15, -0.1) is 0 Å². The Morgan fingerprint density at radius 3 is 0.935 bits per heavy atom. The van der Waals surface area contributed by atoms with Gasteiger partial charge >= 0.3 is 0 Å². The summed E-state index contributed by atoms with van der Waals surface area (Å²) in [6, 6.07) is 48.1. The van der Waals surface area contributed by atoms with Crippen molar-refractivity contribution in [1.29, 1.82) is 0 Å². The van der Waals surface area contributed by atoms with Crippen LogP contribution in [0.25, 0.3) is 122 Å². The van der Waals surface area contributed by atoms with Crippen molar-refractivity contribution in [3.63, 3.8) is 0 Å². The fourth-order valence-electron chi connectivity index (χ4n) is 15.7. The Labute approximate surface area is 662 Å². The molecule has 0 N–H and O–H groups in total. The van der Waals surface area contributed by atoms with E-state index >= 15 is 0 Å². The van der Waals surface area contributed by atoms with Gasteiger partial charge in [-0.05, 0) is 191 Å². The van der Waals surface area contributed by atoms with E-state index in [-0.39, 0.29) is 55.0 Å². The second-order valence-corrected chi connectivity index (χ2v) is 30.6. The summed E-state index contributed by atoms with van der Waals surface area (Å²) in [6.45, 7) is 18.4. The van der Waals surface area contributed by atoms with Crippen LogP contribution in [0.1, 0.15) is 112 Å². The highest BCUT2D eigenvalue weighted by molar-refractivity contribution is 7.00. The molecule has 0 saturated heterocycles. The monoisotopic (exact) mass is 1400 g/mol. The van der Waals surface area contributed by atoms with E-state index in [4.69, 9.17) is 8.22 Å². The minimum atomic E-state index is -0.902. The molecule has 107 heavy (non-hydrogen) atoms. The molecule has 17 aromatic rings. The highest BCUT2D eigenvalue weighted by Gasteiger charge is 2.47. The lowest BCUT2D eigenvalue weighted by Gasteiger charge is -2.47. The quantitative estimate of drug-likeness (QED) is 0.127. The van der Waals surface area contributed by atoms with Crippen molar-refractivity contribution < 1.29 is 32.9 Å². The summed E-state index contributed by atoms with van der Waals surface area (Å²) in [5.74, 6) is 0. The fraction of sp³-hybridized carbons (Fsp3) is 0.118. The predicted molar refractivity (Wildman–Crippen MR) is 458 cm³/mol. The molecule has 0 unspecified atom stereocenters. The van der Waals surface area contributed by atoms with Gasteiger partial charge in [-0.25, -0.2) is 0 Å². The Morgan fingerprint density at radius 2 is 0.589 bits per heavy atom. The van der Waals surface area contributed by atoms with Gasteiger partial charge < -0.3 is 18.9 Å². The van der Waals surface area contributed by atoms with Gasteiger partial charge in [-0.3, -0.25) is 0 Å². The van der Waals surface area contributed by atoms with Crippen LogP contribution in [0.4, 0.5) is 34.1 Å². The first-order chi connectivity index (χ1) is 62.0. The van der Waals surface area contributed by atoms with E-state index in [0.29, 0.717) is 45.0 Å². The maximum absolute atomic E-state index is 10.4. The smallest absolute Gasteiger partial charge is 0.252 e. The number of rotatable bonds is 10. The third-order valence-corrected chi connectivity index (χ3v) is 21.0. The van der Waals surface area contributed by atoms with E-state index in [0.717, 1.165) is 66.7 Å². The molecular formula is C102H83BN4. The molecular weight excluding hydrogens is 1290 g/mol. The van der Waals surface area contributed by atoms with Crippen LogP contribution >= 0.6 is 0 Å². The van der Waals surface area contributed by atoms with Crippen LogP contribution in [-0.4, -0.2) is 15.8 Å². The van der Waals surface area contributed by atoms with Gasteiger partial charge in [0.2, 0.25) is 0 Å². The number of hydrogen-bond donors (Lipinski definition) is 0. The first-order valence-electron chi connectivity index (χ1n) is 47.9. The van der Waals surface area contributed by atoms with Gasteiger partial charge in [0.25, 0.3) is 6.71 Å². The van der Waals surface area contributed by atoms with E-state index in [1.807, 2.05) is 97.1 Å². The highest BCUT2D eigenvalue weighted by atomic mass is 15.2. The van der Waals surface area contributed by atoms with Crippen molar-refractivity contribution >= 4 is 101 Å². The number of benzene rings is 15. The van der Waals surface area contributed by atoms with Crippen LogP contribution in [-0.2, 0) is 16.2 Å². The number of anilines is 6. The van der Waals surface area contributed by atoms with Crippen LogP contribution in [0.2, 0.25) is 0 Å². The van der Waals surface area contributed by atoms with Crippen LogP contribution in [0.5, 0.6) is 0 Å². The Hall–Kier alpha value is -12.4. The molecule has 0 saturated carbocycles. The molecule has 0 spiro atoms. The average Bonchev–Trinajstić information content (AvgIpc) is 1.57. The summed E-state index contributed by atoms with van der Waals surface area (Å²) in [6.07, 6.45) is 0. The van der Waals surface area contributed by atoms with Crippen molar-refractivity contribution in [2.45, 2.75) is 78.6 Å². The standard InChI is InChI=1S/C102H83BN4/c1-100(2,3)74-58-81(68-36-20-12-21-37-68)98(82(59-74)69-38-22-13-23-39-69)106-93-64-77(104-89-46-30-28-44-79(89)85-56-72(48-54-91(85)104)66-32-16-10-17-33-66)50-52-87(93)103-88-53-51-78(105-90-47-31-29-45-80(90)86-57-73(49-55-92(86)105)67-34-18-11-19-35-67)65-94(88)107(96-63-76(102(7,8)9)62-95(106)97(96)103)99-83(70-40-24-14-25-41-70)60-75(101(4,5)6)61-84(99)71-42-26-15-27-43-71/h10-65H,1-9H3/i10D,11D,16D,17D,18D,19D,28D,29D,30D,31D,32D,33D,34D,35D,44D,45D,46D,47D,48D,49D,54D,55D,56D,57D. The van der Waals surface area contributed by atoms with Gasteiger partial charge in [0, 0.05) is 77.9 Å². The summed E-state index contributed by atoms with van der Waals surface area (Å²) >= 11 is 0. The fourth-order valence-corrected chi connectivity index (χ4v) is 15.7. The second kappa shape index (κ2) is 25.1. The lowest BCUT2D eigenvalue weighted by molar-refractivity contribution is 0.590. The zero-order valence-corrected chi connectivity index (χ0v) is 60.3.